The van der Waals surface area contributed by atoms with E-state index in [1.165, 1.54) is 16.7 Å². The topological polar surface area (TPSA) is 21.7 Å². The van der Waals surface area contributed by atoms with Gasteiger partial charge in [-0.1, -0.05) is 30.3 Å². The molecule has 2 aromatic carbocycles. The predicted octanol–water partition coefficient (Wildman–Crippen LogP) is 3.28. The second kappa shape index (κ2) is 5.78. The van der Waals surface area contributed by atoms with Gasteiger partial charge in [0, 0.05) is 6.54 Å². The number of hydrogen-bond acceptors (Lipinski definition) is 3. The van der Waals surface area contributed by atoms with Crippen molar-refractivity contribution in [3.63, 3.8) is 0 Å². The lowest BCUT2D eigenvalue weighted by molar-refractivity contribution is 0.263. The quantitative estimate of drug-likeness (QED) is 0.863. The van der Waals surface area contributed by atoms with Gasteiger partial charge in [-0.15, -0.1) is 0 Å². The van der Waals surface area contributed by atoms with E-state index in [1.807, 2.05) is 6.07 Å². The van der Waals surface area contributed by atoms with E-state index >= 15 is 0 Å². The molecule has 3 nitrogen and oxygen atoms in total. The number of benzene rings is 2. The van der Waals surface area contributed by atoms with Crippen LogP contribution in [0, 0.1) is 0 Å². The molecule has 1 unspecified atom stereocenters. The van der Waals surface area contributed by atoms with Gasteiger partial charge >= 0.3 is 0 Å². The van der Waals surface area contributed by atoms with E-state index in [1.54, 1.807) is 14.2 Å². The second-order valence-corrected chi connectivity index (χ2v) is 5.45. The Morgan fingerprint density at radius 1 is 1.00 bits per heavy atom. The molecular formula is C18H21NO2. The summed E-state index contributed by atoms with van der Waals surface area (Å²) in [5.74, 6) is 1.56. The minimum Gasteiger partial charge on any atom is -0.493 e. The lowest BCUT2D eigenvalue weighted by Gasteiger charge is -2.35. The SMILES string of the molecule is COc1ccc(C2c3ccccc3CCN2C)cc1OC. The fourth-order valence-corrected chi connectivity index (χ4v) is 3.15. The van der Waals surface area contributed by atoms with Gasteiger partial charge in [0.2, 0.25) is 0 Å². The molecule has 1 heterocycles. The highest BCUT2D eigenvalue weighted by atomic mass is 16.5. The van der Waals surface area contributed by atoms with E-state index in [2.05, 4.69) is 48.3 Å². The van der Waals surface area contributed by atoms with Crippen LogP contribution in [0.4, 0.5) is 0 Å². The van der Waals surface area contributed by atoms with Crippen molar-refractivity contribution < 1.29 is 9.47 Å². The van der Waals surface area contributed by atoms with Crippen LogP contribution in [0.1, 0.15) is 22.7 Å². The van der Waals surface area contributed by atoms with Crippen LogP contribution in [-0.4, -0.2) is 32.7 Å². The molecule has 0 N–H and O–H groups in total. The first-order valence-electron chi connectivity index (χ1n) is 7.24. The van der Waals surface area contributed by atoms with Crippen LogP contribution < -0.4 is 9.47 Å². The van der Waals surface area contributed by atoms with Crippen molar-refractivity contribution in [1.82, 2.24) is 4.90 Å². The normalized spacial score (nSPS) is 18.1. The lowest BCUT2D eigenvalue weighted by Crippen LogP contribution is -2.32. The van der Waals surface area contributed by atoms with Gasteiger partial charge in [0.1, 0.15) is 0 Å². The second-order valence-electron chi connectivity index (χ2n) is 5.45. The Hall–Kier alpha value is -2.00. The van der Waals surface area contributed by atoms with Crippen molar-refractivity contribution >= 4 is 0 Å². The zero-order valence-corrected chi connectivity index (χ0v) is 12.8. The molecule has 1 aliphatic rings. The van der Waals surface area contributed by atoms with Gasteiger partial charge in [-0.2, -0.15) is 0 Å². The molecule has 0 fully saturated rings. The number of methoxy groups -OCH3 is 2. The lowest BCUT2D eigenvalue weighted by atomic mass is 9.88. The fourth-order valence-electron chi connectivity index (χ4n) is 3.15. The molecule has 110 valence electrons. The summed E-state index contributed by atoms with van der Waals surface area (Å²) in [5, 5.41) is 0. The molecule has 2 aromatic rings. The van der Waals surface area contributed by atoms with Crippen LogP contribution >= 0.6 is 0 Å². The van der Waals surface area contributed by atoms with Crippen LogP contribution in [0.5, 0.6) is 11.5 Å². The summed E-state index contributed by atoms with van der Waals surface area (Å²) in [5.41, 5.74) is 4.07. The number of fused-ring (bicyclic) bond motifs is 1. The van der Waals surface area contributed by atoms with Gasteiger partial charge in [0.25, 0.3) is 0 Å². The zero-order chi connectivity index (χ0) is 14.8. The van der Waals surface area contributed by atoms with E-state index in [4.69, 9.17) is 9.47 Å². The highest BCUT2D eigenvalue weighted by Gasteiger charge is 2.26. The molecule has 0 radical (unpaired) electrons. The molecule has 21 heavy (non-hydrogen) atoms. The largest absolute Gasteiger partial charge is 0.493 e. The third-order valence-electron chi connectivity index (χ3n) is 4.25. The molecule has 0 aromatic heterocycles. The van der Waals surface area contributed by atoms with Gasteiger partial charge in [-0.25, -0.2) is 0 Å². The first-order chi connectivity index (χ1) is 10.2. The maximum absolute atomic E-state index is 5.45. The molecule has 0 amide bonds. The molecule has 0 bridgehead atoms. The summed E-state index contributed by atoms with van der Waals surface area (Å²) < 4.78 is 10.8. The van der Waals surface area contributed by atoms with Gasteiger partial charge in [0.15, 0.2) is 11.5 Å². The maximum Gasteiger partial charge on any atom is 0.161 e. The van der Waals surface area contributed by atoms with E-state index in [9.17, 15) is 0 Å². The third-order valence-corrected chi connectivity index (χ3v) is 4.25. The van der Waals surface area contributed by atoms with Crippen molar-refractivity contribution in [1.29, 1.82) is 0 Å². The Morgan fingerprint density at radius 3 is 2.52 bits per heavy atom. The van der Waals surface area contributed by atoms with Crippen LogP contribution in [-0.2, 0) is 6.42 Å². The van der Waals surface area contributed by atoms with Gasteiger partial charge < -0.3 is 9.47 Å². The van der Waals surface area contributed by atoms with Gasteiger partial charge in [-0.05, 0) is 42.3 Å². The number of rotatable bonds is 3. The summed E-state index contributed by atoms with van der Waals surface area (Å²) in [7, 11) is 5.52. The Kier molecular flexibility index (Phi) is 3.84. The molecular weight excluding hydrogens is 262 g/mol. The Morgan fingerprint density at radius 2 is 1.76 bits per heavy atom. The molecule has 1 atom stereocenters. The van der Waals surface area contributed by atoms with Crippen LogP contribution in [0.2, 0.25) is 0 Å². The average Bonchev–Trinajstić information content (AvgIpc) is 2.54. The van der Waals surface area contributed by atoms with Crippen molar-refractivity contribution in [2.24, 2.45) is 0 Å². The van der Waals surface area contributed by atoms with E-state index in [0.29, 0.717) is 0 Å². The minimum absolute atomic E-state index is 0.273. The van der Waals surface area contributed by atoms with Crippen LogP contribution in [0.3, 0.4) is 0 Å². The molecule has 0 aliphatic carbocycles. The van der Waals surface area contributed by atoms with Gasteiger partial charge in [0.05, 0.1) is 20.3 Å². The van der Waals surface area contributed by atoms with E-state index in [0.717, 1.165) is 24.5 Å². The van der Waals surface area contributed by atoms with E-state index < -0.39 is 0 Å². The average molecular weight is 283 g/mol. The summed E-state index contributed by atoms with van der Waals surface area (Å²) in [6.45, 7) is 1.07. The molecule has 0 saturated heterocycles. The van der Waals surface area contributed by atoms with Crippen LogP contribution in [0.25, 0.3) is 0 Å². The molecule has 0 spiro atoms. The van der Waals surface area contributed by atoms with Crippen molar-refractivity contribution in [2.45, 2.75) is 12.5 Å². The predicted molar refractivity (Wildman–Crippen MR) is 84.2 cm³/mol. The Bertz CT molecular complexity index is 639. The molecule has 3 heteroatoms. The third kappa shape index (κ3) is 2.49. The summed E-state index contributed by atoms with van der Waals surface area (Å²) >= 11 is 0. The highest BCUT2D eigenvalue weighted by molar-refractivity contribution is 5.47. The van der Waals surface area contributed by atoms with Gasteiger partial charge in [-0.3, -0.25) is 4.90 Å². The standard InChI is InChI=1S/C18H21NO2/c1-19-11-10-13-6-4-5-7-15(13)18(19)14-8-9-16(20-2)17(12-14)21-3/h4-9,12,18H,10-11H2,1-3H3. The number of hydrogen-bond donors (Lipinski definition) is 0. The first kappa shape index (κ1) is 14.0. The first-order valence-corrected chi connectivity index (χ1v) is 7.24. The fraction of sp³-hybridized carbons (Fsp3) is 0.333. The number of nitrogens with zero attached hydrogens (tertiary/aromatic N) is 1. The molecule has 0 saturated carbocycles. The summed E-state index contributed by atoms with van der Waals surface area (Å²) in [6.07, 6.45) is 1.11. The zero-order valence-electron chi connectivity index (χ0n) is 12.8. The molecule has 3 rings (SSSR count). The summed E-state index contributed by atoms with van der Waals surface area (Å²) in [4.78, 5) is 2.39. The maximum atomic E-state index is 5.45. The van der Waals surface area contributed by atoms with Crippen molar-refractivity contribution in [3.8, 4) is 11.5 Å². The van der Waals surface area contributed by atoms with Crippen LogP contribution in [0.15, 0.2) is 42.5 Å². The summed E-state index contributed by atoms with van der Waals surface area (Å²) in [6, 6.07) is 15.2. The van der Waals surface area contributed by atoms with Crippen molar-refractivity contribution in [2.75, 3.05) is 27.8 Å². The highest BCUT2D eigenvalue weighted by Crippen LogP contribution is 2.37. The van der Waals surface area contributed by atoms with E-state index in [-0.39, 0.29) is 6.04 Å². The monoisotopic (exact) mass is 283 g/mol. The number of ether oxygens (including phenoxy) is 2. The van der Waals surface area contributed by atoms with Crippen molar-refractivity contribution in [3.05, 3.63) is 59.2 Å². The smallest absolute Gasteiger partial charge is 0.161 e. The Balaban J connectivity index is 2.07. The molecule has 1 aliphatic heterocycles. The number of likely N-dealkylation sites (N-methyl/N-ethyl adjacent to an activating group) is 1. The minimum atomic E-state index is 0.273. The Labute approximate surface area is 126 Å².